The van der Waals surface area contributed by atoms with Crippen LogP contribution in [0.2, 0.25) is 0 Å². The Morgan fingerprint density at radius 1 is 0.778 bits per heavy atom. The van der Waals surface area contributed by atoms with E-state index in [0.29, 0.717) is 0 Å². The second-order valence-corrected chi connectivity index (χ2v) is 4.81. The molecule has 0 aliphatic carbocycles. The largest absolute Gasteiger partial charge is 0.0622 e. The lowest BCUT2D eigenvalue weighted by Gasteiger charge is -2.08. The molecule has 0 amide bonds. The minimum absolute atomic E-state index is 1.00. The Morgan fingerprint density at radius 2 is 1.50 bits per heavy atom. The zero-order valence-corrected chi connectivity index (χ0v) is 10.6. The zero-order valence-electron chi connectivity index (χ0n) is 10.6. The third-order valence-corrected chi connectivity index (χ3v) is 3.33. The smallest absolute Gasteiger partial charge is 0.00195 e. The first kappa shape index (κ1) is 11.0. The molecule has 88 valence electrons. The van der Waals surface area contributed by atoms with E-state index in [1.807, 2.05) is 0 Å². The summed E-state index contributed by atoms with van der Waals surface area (Å²) in [5.41, 5.74) is 4.12. The van der Waals surface area contributed by atoms with Crippen molar-refractivity contribution in [3.05, 3.63) is 83.4 Å². The number of rotatable bonds is 2. The monoisotopic (exact) mass is 232 g/mol. The topological polar surface area (TPSA) is 0 Å². The van der Waals surface area contributed by atoms with Gasteiger partial charge in [0.1, 0.15) is 0 Å². The summed E-state index contributed by atoms with van der Waals surface area (Å²) >= 11 is 0. The van der Waals surface area contributed by atoms with Gasteiger partial charge in [-0.05, 0) is 35.2 Å². The van der Waals surface area contributed by atoms with Gasteiger partial charge in [-0.25, -0.2) is 0 Å². The molecule has 0 fully saturated rings. The highest BCUT2D eigenvalue weighted by Gasteiger charge is 2.03. The highest BCUT2D eigenvalue weighted by molar-refractivity contribution is 5.86. The maximum Gasteiger partial charge on any atom is -0.00195 e. The zero-order chi connectivity index (χ0) is 12.4. The van der Waals surface area contributed by atoms with Gasteiger partial charge in [-0.2, -0.15) is 0 Å². The van der Waals surface area contributed by atoms with Gasteiger partial charge in [0.2, 0.25) is 0 Å². The van der Waals surface area contributed by atoms with Crippen LogP contribution in [0.4, 0.5) is 0 Å². The SMILES string of the molecule is Cc1cc(Cc2ccccc2)c2ccccc2c1. The Balaban J connectivity index is 2.11. The molecular weight excluding hydrogens is 216 g/mol. The summed E-state index contributed by atoms with van der Waals surface area (Å²) in [4.78, 5) is 0. The van der Waals surface area contributed by atoms with Crippen LogP contribution in [0.5, 0.6) is 0 Å². The van der Waals surface area contributed by atoms with Crippen LogP contribution >= 0.6 is 0 Å². The predicted molar refractivity (Wildman–Crippen MR) is 77.9 cm³/mol. The van der Waals surface area contributed by atoms with Crippen molar-refractivity contribution < 1.29 is 0 Å². The molecule has 3 aromatic carbocycles. The fourth-order valence-corrected chi connectivity index (χ4v) is 2.52. The predicted octanol–water partition coefficient (Wildman–Crippen LogP) is 4.74. The van der Waals surface area contributed by atoms with Crippen molar-refractivity contribution in [2.45, 2.75) is 13.3 Å². The normalized spacial score (nSPS) is 10.7. The number of benzene rings is 3. The van der Waals surface area contributed by atoms with Crippen LogP contribution in [0.25, 0.3) is 10.8 Å². The third-order valence-electron chi connectivity index (χ3n) is 3.33. The molecule has 0 unspecified atom stereocenters. The summed E-state index contributed by atoms with van der Waals surface area (Å²) in [6.07, 6.45) is 1.00. The van der Waals surface area contributed by atoms with Crippen LogP contribution in [-0.4, -0.2) is 0 Å². The van der Waals surface area contributed by atoms with Gasteiger partial charge in [-0.15, -0.1) is 0 Å². The standard InChI is InChI=1S/C18H16/c1-14-11-16-9-5-6-10-18(16)17(12-14)13-15-7-3-2-4-8-15/h2-12H,13H2,1H3. The molecule has 0 heterocycles. The number of hydrogen-bond donors (Lipinski definition) is 0. The lowest BCUT2D eigenvalue weighted by Crippen LogP contribution is -1.91. The van der Waals surface area contributed by atoms with Crippen LogP contribution < -0.4 is 0 Å². The second-order valence-electron chi connectivity index (χ2n) is 4.81. The van der Waals surface area contributed by atoms with Crippen molar-refractivity contribution in [2.75, 3.05) is 0 Å². The molecule has 0 bridgehead atoms. The maximum absolute atomic E-state index is 2.30. The fraction of sp³-hybridized carbons (Fsp3) is 0.111. The van der Waals surface area contributed by atoms with E-state index >= 15 is 0 Å². The lowest BCUT2D eigenvalue weighted by atomic mass is 9.96. The van der Waals surface area contributed by atoms with Crippen LogP contribution in [0, 0.1) is 6.92 Å². The Bertz CT molecular complexity index is 666. The van der Waals surface area contributed by atoms with E-state index < -0.39 is 0 Å². The van der Waals surface area contributed by atoms with Gasteiger partial charge in [0.25, 0.3) is 0 Å². The number of aryl methyl sites for hydroxylation is 1. The number of hydrogen-bond acceptors (Lipinski definition) is 0. The van der Waals surface area contributed by atoms with Gasteiger partial charge in [0, 0.05) is 0 Å². The molecule has 0 nitrogen and oxygen atoms in total. The van der Waals surface area contributed by atoms with Crippen molar-refractivity contribution in [1.29, 1.82) is 0 Å². The van der Waals surface area contributed by atoms with Crippen molar-refractivity contribution in [1.82, 2.24) is 0 Å². The molecule has 0 saturated carbocycles. The Labute approximate surface area is 108 Å². The van der Waals surface area contributed by atoms with Crippen molar-refractivity contribution in [2.24, 2.45) is 0 Å². The summed E-state index contributed by atoms with van der Waals surface area (Å²) in [6, 6.07) is 23.8. The molecule has 0 aliphatic rings. The minimum Gasteiger partial charge on any atom is -0.0622 e. The Kier molecular flexibility index (Phi) is 2.85. The average Bonchev–Trinajstić information content (AvgIpc) is 2.40. The van der Waals surface area contributed by atoms with Crippen LogP contribution in [0.15, 0.2) is 66.7 Å². The highest BCUT2D eigenvalue weighted by atomic mass is 14.1. The molecule has 0 N–H and O–H groups in total. The van der Waals surface area contributed by atoms with Gasteiger partial charge in [-0.1, -0.05) is 72.3 Å². The van der Waals surface area contributed by atoms with Crippen LogP contribution in [-0.2, 0) is 6.42 Å². The molecule has 0 radical (unpaired) electrons. The van der Waals surface area contributed by atoms with Crippen molar-refractivity contribution >= 4 is 10.8 Å². The maximum atomic E-state index is 2.30. The first-order valence-corrected chi connectivity index (χ1v) is 6.35. The van der Waals surface area contributed by atoms with E-state index in [1.165, 1.54) is 27.5 Å². The van der Waals surface area contributed by atoms with Crippen LogP contribution in [0.3, 0.4) is 0 Å². The molecule has 3 rings (SSSR count). The van der Waals surface area contributed by atoms with E-state index in [9.17, 15) is 0 Å². The summed E-state index contributed by atoms with van der Waals surface area (Å²) < 4.78 is 0. The molecule has 0 aromatic heterocycles. The molecule has 3 aromatic rings. The van der Waals surface area contributed by atoms with E-state index in [4.69, 9.17) is 0 Å². The van der Waals surface area contributed by atoms with Crippen LogP contribution in [0.1, 0.15) is 16.7 Å². The third kappa shape index (κ3) is 2.14. The van der Waals surface area contributed by atoms with E-state index in [2.05, 4.69) is 73.7 Å². The quantitative estimate of drug-likeness (QED) is 0.598. The Hall–Kier alpha value is -2.08. The minimum atomic E-state index is 1.00. The van der Waals surface area contributed by atoms with Gasteiger partial charge in [-0.3, -0.25) is 0 Å². The molecule has 0 heteroatoms. The lowest BCUT2D eigenvalue weighted by molar-refractivity contribution is 1.20. The summed E-state index contributed by atoms with van der Waals surface area (Å²) in [5.74, 6) is 0. The van der Waals surface area contributed by atoms with E-state index in [1.54, 1.807) is 0 Å². The Morgan fingerprint density at radius 3 is 2.33 bits per heavy atom. The number of fused-ring (bicyclic) bond motifs is 1. The van der Waals surface area contributed by atoms with Gasteiger partial charge < -0.3 is 0 Å². The molecule has 0 aliphatic heterocycles. The average molecular weight is 232 g/mol. The summed E-state index contributed by atoms with van der Waals surface area (Å²) in [7, 11) is 0. The molecular formula is C18H16. The van der Waals surface area contributed by atoms with Gasteiger partial charge in [0.15, 0.2) is 0 Å². The van der Waals surface area contributed by atoms with Crippen molar-refractivity contribution in [3.8, 4) is 0 Å². The van der Waals surface area contributed by atoms with E-state index in [-0.39, 0.29) is 0 Å². The summed E-state index contributed by atoms with van der Waals surface area (Å²) in [5, 5.41) is 2.70. The molecule has 18 heavy (non-hydrogen) atoms. The molecule has 0 atom stereocenters. The van der Waals surface area contributed by atoms with Gasteiger partial charge >= 0.3 is 0 Å². The first-order valence-electron chi connectivity index (χ1n) is 6.35. The van der Waals surface area contributed by atoms with Gasteiger partial charge in [0.05, 0.1) is 0 Å². The summed E-state index contributed by atoms with van der Waals surface area (Å²) in [6.45, 7) is 2.17. The fourth-order valence-electron chi connectivity index (χ4n) is 2.52. The highest BCUT2D eigenvalue weighted by Crippen LogP contribution is 2.23. The van der Waals surface area contributed by atoms with Crippen molar-refractivity contribution in [3.63, 3.8) is 0 Å². The van der Waals surface area contributed by atoms with E-state index in [0.717, 1.165) is 6.42 Å². The molecule has 0 saturated heterocycles. The second kappa shape index (κ2) is 4.66. The first-order chi connectivity index (χ1) is 8.83. The molecule has 0 spiro atoms.